The number of nitrogens with two attached hydrogens (primary N) is 1. The SMILES string of the molecule is Cc1ccccc1Oc1nccc(C#N)c1N. The van der Waals surface area contributed by atoms with Gasteiger partial charge in [-0.15, -0.1) is 0 Å². The van der Waals surface area contributed by atoms with Crippen molar-refractivity contribution in [3.63, 3.8) is 0 Å². The highest BCUT2D eigenvalue weighted by Gasteiger charge is 2.09. The molecule has 0 spiro atoms. The maximum absolute atomic E-state index is 8.85. The van der Waals surface area contributed by atoms with Gasteiger partial charge in [0.05, 0.1) is 5.56 Å². The third-order valence-corrected chi connectivity index (χ3v) is 2.37. The molecule has 0 bridgehead atoms. The van der Waals surface area contributed by atoms with E-state index in [4.69, 9.17) is 15.7 Å². The number of anilines is 1. The molecule has 0 radical (unpaired) electrons. The van der Waals surface area contributed by atoms with Crippen LogP contribution in [-0.4, -0.2) is 4.98 Å². The highest BCUT2D eigenvalue weighted by Crippen LogP contribution is 2.28. The van der Waals surface area contributed by atoms with Gasteiger partial charge in [0.25, 0.3) is 0 Å². The van der Waals surface area contributed by atoms with Crippen molar-refractivity contribution < 1.29 is 4.74 Å². The van der Waals surface area contributed by atoms with Crippen LogP contribution >= 0.6 is 0 Å². The van der Waals surface area contributed by atoms with Gasteiger partial charge in [-0.2, -0.15) is 5.26 Å². The molecule has 1 aromatic heterocycles. The van der Waals surface area contributed by atoms with Gasteiger partial charge in [0.15, 0.2) is 0 Å². The molecule has 2 N–H and O–H groups in total. The maximum atomic E-state index is 8.85. The molecule has 1 aromatic carbocycles. The number of pyridine rings is 1. The normalized spacial score (nSPS) is 9.65. The second kappa shape index (κ2) is 4.54. The Bertz CT molecular complexity index is 587. The van der Waals surface area contributed by atoms with Crippen molar-refractivity contribution in [1.29, 1.82) is 5.26 Å². The van der Waals surface area contributed by atoms with Crippen LogP contribution in [0.15, 0.2) is 36.5 Å². The van der Waals surface area contributed by atoms with Crippen LogP contribution in [0.4, 0.5) is 5.69 Å². The number of aryl methyl sites for hydroxylation is 1. The van der Waals surface area contributed by atoms with Crippen LogP contribution in [0.2, 0.25) is 0 Å². The Balaban J connectivity index is 2.38. The first kappa shape index (κ1) is 11.0. The lowest BCUT2D eigenvalue weighted by Crippen LogP contribution is -1.98. The number of nitrogen functional groups attached to an aromatic ring is 1. The van der Waals surface area contributed by atoms with Crippen LogP contribution in [0.3, 0.4) is 0 Å². The summed E-state index contributed by atoms with van der Waals surface area (Å²) < 4.78 is 5.60. The molecule has 0 atom stereocenters. The standard InChI is InChI=1S/C13H11N3O/c1-9-4-2-3-5-11(9)17-13-12(15)10(8-14)6-7-16-13/h2-7H,15H2,1H3. The Morgan fingerprint density at radius 1 is 1.29 bits per heavy atom. The first-order chi connectivity index (χ1) is 8.22. The molecule has 0 aliphatic carbocycles. The lowest BCUT2D eigenvalue weighted by Gasteiger charge is -2.09. The zero-order chi connectivity index (χ0) is 12.3. The van der Waals surface area contributed by atoms with Gasteiger partial charge in [-0.1, -0.05) is 18.2 Å². The highest BCUT2D eigenvalue weighted by molar-refractivity contribution is 5.60. The summed E-state index contributed by atoms with van der Waals surface area (Å²) in [6, 6.07) is 11.1. The van der Waals surface area contributed by atoms with Crippen molar-refractivity contribution in [2.45, 2.75) is 6.92 Å². The summed E-state index contributed by atoms with van der Waals surface area (Å²) in [5.74, 6) is 0.945. The number of rotatable bonds is 2. The molecule has 0 unspecified atom stereocenters. The molecule has 0 aliphatic rings. The Hall–Kier alpha value is -2.54. The van der Waals surface area contributed by atoms with E-state index >= 15 is 0 Å². The summed E-state index contributed by atoms with van der Waals surface area (Å²) in [6.07, 6.45) is 1.50. The van der Waals surface area contributed by atoms with Crippen LogP contribution in [0, 0.1) is 18.3 Å². The molecule has 0 saturated heterocycles. The Morgan fingerprint density at radius 3 is 2.76 bits per heavy atom. The smallest absolute Gasteiger partial charge is 0.244 e. The number of para-hydroxylation sites is 1. The molecule has 17 heavy (non-hydrogen) atoms. The zero-order valence-electron chi connectivity index (χ0n) is 9.34. The second-order valence-corrected chi connectivity index (χ2v) is 3.56. The Labute approximate surface area is 99.3 Å². The van der Waals surface area contributed by atoms with Crippen molar-refractivity contribution in [3.05, 3.63) is 47.7 Å². The average Bonchev–Trinajstić information content (AvgIpc) is 2.34. The fourth-order valence-corrected chi connectivity index (χ4v) is 1.41. The van der Waals surface area contributed by atoms with Crippen molar-refractivity contribution >= 4 is 5.69 Å². The number of ether oxygens (including phenoxy) is 1. The summed E-state index contributed by atoms with van der Waals surface area (Å²) in [6.45, 7) is 1.93. The van der Waals surface area contributed by atoms with Gasteiger partial charge in [0.1, 0.15) is 17.5 Å². The van der Waals surface area contributed by atoms with Crippen molar-refractivity contribution in [3.8, 4) is 17.7 Å². The minimum Gasteiger partial charge on any atom is -0.437 e. The van der Waals surface area contributed by atoms with Gasteiger partial charge in [0.2, 0.25) is 5.88 Å². The summed E-state index contributed by atoms with van der Waals surface area (Å²) in [4.78, 5) is 4.02. The minimum atomic E-state index is 0.262. The molecule has 0 amide bonds. The number of benzene rings is 1. The van der Waals surface area contributed by atoms with E-state index in [0.29, 0.717) is 11.3 Å². The van der Waals surface area contributed by atoms with Crippen molar-refractivity contribution in [1.82, 2.24) is 4.98 Å². The third kappa shape index (κ3) is 2.18. The lowest BCUT2D eigenvalue weighted by molar-refractivity contribution is 0.462. The third-order valence-electron chi connectivity index (χ3n) is 2.37. The summed E-state index contributed by atoms with van der Waals surface area (Å²) in [5, 5.41) is 8.85. The van der Waals surface area contributed by atoms with E-state index in [1.807, 2.05) is 37.3 Å². The van der Waals surface area contributed by atoms with Crippen molar-refractivity contribution in [2.24, 2.45) is 0 Å². The maximum Gasteiger partial charge on any atom is 0.244 e. The van der Waals surface area contributed by atoms with Gasteiger partial charge in [-0.05, 0) is 24.6 Å². The molecular weight excluding hydrogens is 214 g/mol. The predicted molar refractivity (Wildman–Crippen MR) is 64.6 cm³/mol. The van der Waals surface area contributed by atoms with Crippen LogP contribution < -0.4 is 10.5 Å². The summed E-state index contributed by atoms with van der Waals surface area (Å²) in [5.41, 5.74) is 7.39. The van der Waals surface area contributed by atoms with E-state index in [1.54, 1.807) is 6.07 Å². The Kier molecular flexibility index (Phi) is 2.93. The van der Waals surface area contributed by atoms with E-state index in [9.17, 15) is 0 Å². The topological polar surface area (TPSA) is 71.9 Å². The number of hydrogen-bond acceptors (Lipinski definition) is 4. The quantitative estimate of drug-likeness (QED) is 0.852. The van der Waals surface area contributed by atoms with Gasteiger partial charge in [-0.3, -0.25) is 0 Å². The largest absolute Gasteiger partial charge is 0.437 e. The monoisotopic (exact) mass is 225 g/mol. The number of hydrogen-bond donors (Lipinski definition) is 1. The second-order valence-electron chi connectivity index (χ2n) is 3.56. The van der Waals surface area contributed by atoms with E-state index in [1.165, 1.54) is 6.20 Å². The molecule has 2 rings (SSSR count). The lowest BCUT2D eigenvalue weighted by atomic mass is 10.2. The summed E-state index contributed by atoms with van der Waals surface area (Å²) in [7, 11) is 0. The fraction of sp³-hybridized carbons (Fsp3) is 0.0769. The molecule has 1 heterocycles. The Morgan fingerprint density at radius 2 is 2.06 bits per heavy atom. The molecule has 4 nitrogen and oxygen atoms in total. The average molecular weight is 225 g/mol. The van der Waals surface area contributed by atoms with Crippen LogP contribution in [-0.2, 0) is 0 Å². The van der Waals surface area contributed by atoms with Gasteiger partial charge in [0, 0.05) is 6.20 Å². The molecule has 4 heteroatoms. The summed E-state index contributed by atoms with van der Waals surface area (Å²) >= 11 is 0. The molecule has 0 saturated carbocycles. The molecule has 2 aromatic rings. The number of nitriles is 1. The van der Waals surface area contributed by atoms with Gasteiger partial charge >= 0.3 is 0 Å². The van der Waals surface area contributed by atoms with E-state index in [-0.39, 0.29) is 11.6 Å². The van der Waals surface area contributed by atoms with Crippen molar-refractivity contribution in [2.75, 3.05) is 5.73 Å². The number of aromatic nitrogens is 1. The van der Waals surface area contributed by atoms with E-state index < -0.39 is 0 Å². The molecular formula is C13H11N3O. The number of nitrogens with zero attached hydrogens (tertiary/aromatic N) is 2. The molecule has 0 fully saturated rings. The van der Waals surface area contributed by atoms with Crippen LogP contribution in [0.5, 0.6) is 11.6 Å². The van der Waals surface area contributed by atoms with E-state index in [2.05, 4.69) is 4.98 Å². The zero-order valence-corrected chi connectivity index (χ0v) is 9.34. The first-order valence-corrected chi connectivity index (χ1v) is 5.10. The molecule has 84 valence electrons. The van der Waals surface area contributed by atoms with Gasteiger partial charge in [-0.25, -0.2) is 4.98 Å². The fourth-order valence-electron chi connectivity index (χ4n) is 1.41. The predicted octanol–water partition coefficient (Wildman–Crippen LogP) is 2.64. The molecule has 0 aliphatic heterocycles. The first-order valence-electron chi connectivity index (χ1n) is 5.10. The van der Waals surface area contributed by atoms with Gasteiger partial charge < -0.3 is 10.5 Å². The van der Waals surface area contributed by atoms with Crippen LogP contribution in [0.1, 0.15) is 11.1 Å². The van der Waals surface area contributed by atoms with Crippen LogP contribution in [0.25, 0.3) is 0 Å². The minimum absolute atomic E-state index is 0.262. The highest BCUT2D eigenvalue weighted by atomic mass is 16.5. The van der Waals surface area contributed by atoms with E-state index in [0.717, 1.165) is 5.56 Å².